The van der Waals surface area contributed by atoms with Gasteiger partial charge in [0.1, 0.15) is 5.82 Å². The summed E-state index contributed by atoms with van der Waals surface area (Å²) in [6.45, 7) is 1.85. The molecule has 1 amide bonds. The first-order chi connectivity index (χ1) is 12.0. The molecule has 3 rings (SSSR count). The van der Waals surface area contributed by atoms with Crippen molar-refractivity contribution in [2.45, 2.75) is 36.7 Å². The van der Waals surface area contributed by atoms with Gasteiger partial charge in [-0.05, 0) is 49.9 Å². The van der Waals surface area contributed by atoms with Crippen molar-refractivity contribution in [3.63, 3.8) is 0 Å². The van der Waals surface area contributed by atoms with Crippen molar-refractivity contribution in [2.75, 3.05) is 26.2 Å². The summed E-state index contributed by atoms with van der Waals surface area (Å²) in [7, 11) is -3.64. The number of nitrogens with zero attached hydrogens (tertiary/aromatic N) is 1. The van der Waals surface area contributed by atoms with Crippen molar-refractivity contribution in [3.8, 4) is 0 Å². The Morgan fingerprint density at radius 3 is 2.48 bits per heavy atom. The Morgan fingerprint density at radius 1 is 1.20 bits per heavy atom. The average Bonchev–Trinajstić information content (AvgIpc) is 3.14. The summed E-state index contributed by atoms with van der Waals surface area (Å²) in [4.78, 5) is 12.3. The molecule has 0 radical (unpaired) electrons. The summed E-state index contributed by atoms with van der Waals surface area (Å²) in [5.41, 5.74) is 0. The predicted octanol–water partition coefficient (Wildman–Crippen LogP) is 1.52. The number of sulfonamides is 1. The van der Waals surface area contributed by atoms with Crippen LogP contribution in [0.5, 0.6) is 0 Å². The van der Waals surface area contributed by atoms with Gasteiger partial charge in [0.15, 0.2) is 0 Å². The van der Waals surface area contributed by atoms with Crippen LogP contribution in [0.25, 0.3) is 0 Å². The summed E-state index contributed by atoms with van der Waals surface area (Å²) in [5.74, 6) is -0.684. The molecular weight excluding hydrogens is 347 g/mol. The maximum absolute atomic E-state index is 13.0. The van der Waals surface area contributed by atoms with Crippen LogP contribution in [-0.2, 0) is 19.6 Å². The lowest BCUT2D eigenvalue weighted by molar-refractivity contribution is -0.126. The Bertz CT molecular complexity index is 694. The Morgan fingerprint density at radius 2 is 1.88 bits per heavy atom. The van der Waals surface area contributed by atoms with Crippen LogP contribution < -0.4 is 5.32 Å². The fourth-order valence-electron chi connectivity index (χ4n) is 3.28. The number of carbonyl (C=O) groups excluding carboxylic acids is 1. The molecule has 0 unspecified atom stereocenters. The number of ether oxygens (including phenoxy) is 1. The largest absolute Gasteiger partial charge is 0.376 e. The van der Waals surface area contributed by atoms with Crippen molar-refractivity contribution >= 4 is 15.9 Å². The summed E-state index contributed by atoms with van der Waals surface area (Å²) < 4.78 is 44.9. The second-order valence-corrected chi connectivity index (χ2v) is 8.45. The van der Waals surface area contributed by atoms with Crippen molar-refractivity contribution in [1.29, 1.82) is 0 Å². The number of hydrogen-bond donors (Lipinski definition) is 1. The number of benzene rings is 1. The molecule has 0 saturated carbocycles. The van der Waals surface area contributed by atoms with E-state index in [9.17, 15) is 17.6 Å². The lowest BCUT2D eigenvalue weighted by Gasteiger charge is -2.30. The molecule has 2 aliphatic rings. The van der Waals surface area contributed by atoms with Crippen molar-refractivity contribution in [3.05, 3.63) is 30.1 Å². The van der Waals surface area contributed by atoms with E-state index in [0.29, 0.717) is 19.4 Å². The third-order valence-electron chi connectivity index (χ3n) is 4.80. The van der Waals surface area contributed by atoms with Gasteiger partial charge < -0.3 is 10.1 Å². The molecule has 1 atom stereocenters. The Kier molecular flexibility index (Phi) is 5.71. The minimum atomic E-state index is -3.64. The number of nitrogens with one attached hydrogen (secondary N) is 1. The Labute approximate surface area is 147 Å². The highest BCUT2D eigenvalue weighted by Crippen LogP contribution is 2.24. The van der Waals surface area contributed by atoms with Crippen LogP contribution in [0, 0.1) is 11.7 Å². The van der Waals surface area contributed by atoms with Gasteiger partial charge in [-0.25, -0.2) is 12.8 Å². The number of piperidine rings is 1. The Balaban J connectivity index is 1.52. The molecule has 138 valence electrons. The molecule has 25 heavy (non-hydrogen) atoms. The third-order valence-corrected chi connectivity index (χ3v) is 6.72. The van der Waals surface area contributed by atoms with Gasteiger partial charge in [-0.3, -0.25) is 4.79 Å². The predicted molar refractivity (Wildman–Crippen MR) is 89.9 cm³/mol. The van der Waals surface area contributed by atoms with E-state index in [4.69, 9.17) is 4.74 Å². The number of halogens is 1. The van der Waals surface area contributed by atoms with E-state index in [0.717, 1.165) is 31.6 Å². The zero-order valence-electron chi connectivity index (χ0n) is 14.0. The highest BCUT2D eigenvalue weighted by Gasteiger charge is 2.32. The van der Waals surface area contributed by atoms with E-state index in [2.05, 4.69) is 5.32 Å². The molecule has 2 heterocycles. The minimum absolute atomic E-state index is 0.0330. The molecule has 1 aromatic carbocycles. The SMILES string of the molecule is O=C(NC[C@@H]1CCCO1)C1CCN(S(=O)(=O)c2ccc(F)cc2)CC1. The molecule has 0 aromatic heterocycles. The second-order valence-electron chi connectivity index (χ2n) is 6.51. The molecule has 6 nitrogen and oxygen atoms in total. The van der Waals surface area contributed by atoms with Crippen LogP contribution in [0.1, 0.15) is 25.7 Å². The van der Waals surface area contributed by atoms with Gasteiger partial charge in [-0.15, -0.1) is 0 Å². The molecule has 0 aliphatic carbocycles. The number of rotatable bonds is 5. The van der Waals surface area contributed by atoms with Gasteiger partial charge in [-0.1, -0.05) is 0 Å². The number of hydrogen-bond acceptors (Lipinski definition) is 4. The zero-order chi connectivity index (χ0) is 17.9. The molecule has 0 spiro atoms. The van der Waals surface area contributed by atoms with Crippen LogP contribution in [0.4, 0.5) is 4.39 Å². The van der Waals surface area contributed by atoms with Crippen molar-refractivity contribution in [2.24, 2.45) is 5.92 Å². The third kappa shape index (κ3) is 4.37. The van der Waals surface area contributed by atoms with Gasteiger partial charge >= 0.3 is 0 Å². The van der Waals surface area contributed by atoms with Gasteiger partial charge in [0.2, 0.25) is 15.9 Å². The van der Waals surface area contributed by atoms with Crippen LogP contribution in [-0.4, -0.2) is 51.0 Å². The molecule has 1 N–H and O–H groups in total. The van der Waals surface area contributed by atoms with Gasteiger partial charge in [-0.2, -0.15) is 4.31 Å². The van der Waals surface area contributed by atoms with Crippen LogP contribution in [0.15, 0.2) is 29.2 Å². The first kappa shape index (κ1) is 18.3. The number of carbonyl (C=O) groups is 1. The van der Waals surface area contributed by atoms with E-state index in [-0.39, 0.29) is 35.9 Å². The maximum Gasteiger partial charge on any atom is 0.243 e. The van der Waals surface area contributed by atoms with E-state index in [1.165, 1.54) is 16.4 Å². The topological polar surface area (TPSA) is 75.7 Å². The van der Waals surface area contributed by atoms with Gasteiger partial charge in [0, 0.05) is 32.2 Å². The van der Waals surface area contributed by atoms with E-state index in [1.807, 2.05) is 0 Å². The second kappa shape index (κ2) is 7.80. The summed E-state index contributed by atoms with van der Waals surface area (Å²) in [6, 6.07) is 4.81. The van der Waals surface area contributed by atoms with Crippen molar-refractivity contribution in [1.82, 2.24) is 9.62 Å². The number of amides is 1. The van der Waals surface area contributed by atoms with E-state index >= 15 is 0 Å². The summed E-state index contributed by atoms with van der Waals surface area (Å²) in [6.07, 6.45) is 3.06. The fraction of sp³-hybridized carbons (Fsp3) is 0.588. The standard InChI is InChI=1S/C17H23FN2O4S/c18-14-3-5-16(6-4-14)25(22,23)20-9-7-13(8-10-20)17(21)19-12-15-2-1-11-24-15/h3-6,13,15H,1-2,7-12H2,(H,19,21)/t15-/m0/s1. The molecule has 2 aliphatic heterocycles. The highest BCUT2D eigenvalue weighted by molar-refractivity contribution is 7.89. The fourth-order valence-corrected chi connectivity index (χ4v) is 4.75. The van der Waals surface area contributed by atoms with Crippen LogP contribution >= 0.6 is 0 Å². The molecule has 0 bridgehead atoms. The van der Waals surface area contributed by atoms with Gasteiger partial charge in [0.25, 0.3) is 0 Å². The van der Waals surface area contributed by atoms with Crippen molar-refractivity contribution < 1.29 is 22.3 Å². The van der Waals surface area contributed by atoms with E-state index in [1.54, 1.807) is 0 Å². The normalized spacial score (nSPS) is 22.8. The zero-order valence-corrected chi connectivity index (χ0v) is 14.8. The molecule has 2 fully saturated rings. The monoisotopic (exact) mass is 370 g/mol. The molecular formula is C17H23FN2O4S. The lowest BCUT2D eigenvalue weighted by atomic mass is 9.97. The smallest absolute Gasteiger partial charge is 0.243 e. The van der Waals surface area contributed by atoms with Gasteiger partial charge in [0.05, 0.1) is 11.0 Å². The molecule has 1 aromatic rings. The molecule has 2 saturated heterocycles. The minimum Gasteiger partial charge on any atom is -0.376 e. The maximum atomic E-state index is 13.0. The average molecular weight is 370 g/mol. The lowest BCUT2D eigenvalue weighted by Crippen LogP contribution is -2.44. The quantitative estimate of drug-likeness (QED) is 0.853. The van der Waals surface area contributed by atoms with E-state index < -0.39 is 15.8 Å². The van der Waals surface area contributed by atoms with Crippen LogP contribution in [0.2, 0.25) is 0 Å². The first-order valence-corrected chi connectivity index (χ1v) is 10.1. The summed E-state index contributed by atoms with van der Waals surface area (Å²) >= 11 is 0. The highest BCUT2D eigenvalue weighted by atomic mass is 32.2. The first-order valence-electron chi connectivity index (χ1n) is 8.62. The summed E-state index contributed by atoms with van der Waals surface area (Å²) in [5, 5.41) is 2.91. The molecule has 8 heteroatoms. The Hall–Kier alpha value is -1.51. The van der Waals surface area contributed by atoms with Crippen LogP contribution in [0.3, 0.4) is 0 Å².